The van der Waals surface area contributed by atoms with Gasteiger partial charge in [0.15, 0.2) is 0 Å². The summed E-state index contributed by atoms with van der Waals surface area (Å²) in [5, 5.41) is 11.0. The number of methoxy groups -OCH3 is 2. The molecule has 1 unspecified atom stereocenters. The molecule has 0 spiro atoms. The van der Waals surface area contributed by atoms with E-state index in [0.717, 1.165) is 0 Å². The average molecular weight is 236 g/mol. The third-order valence-corrected chi connectivity index (χ3v) is 1.92. The van der Waals surface area contributed by atoms with Gasteiger partial charge in [0.25, 0.3) is 0 Å². The average Bonchev–Trinajstić information content (AvgIpc) is 2.36. The molecule has 0 aliphatic carbocycles. The SMILES string of the molecule is COc1cc(OC)nc(NC(=O)C(C)C#N)n1. The van der Waals surface area contributed by atoms with Gasteiger partial charge in [0.1, 0.15) is 5.92 Å². The van der Waals surface area contributed by atoms with Crippen LogP contribution in [0.2, 0.25) is 0 Å². The molecule has 1 N–H and O–H groups in total. The maximum atomic E-state index is 11.4. The number of anilines is 1. The molecule has 0 aliphatic heterocycles. The van der Waals surface area contributed by atoms with E-state index in [1.807, 2.05) is 6.07 Å². The van der Waals surface area contributed by atoms with Crippen LogP contribution in [-0.4, -0.2) is 30.1 Å². The van der Waals surface area contributed by atoms with Crippen molar-refractivity contribution in [1.82, 2.24) is 9.97 Å². The zero-order valence-electron chi connectivity index (χ0n) is 9.72. The molecule has 90 valence electrons. The van der Waals surface area contributed by atoms with Crippen LogP contribution in [0.1, 0.15) is 6.92 Å². The molecule has 0 fully saturated rings. The fourth-order valence-electron chi connectivity index (χ4n) is 0.946. The van der Waals surface area contributed by atoms with Crippen molar-refractivity contribution in [2.75, 3.05) is 19.5 Å². The Morgan fingerprint density at radius 2 is 1.94 bits per heavy atom. The second-order valence-corrected chi connectivity index (χ2v) is 3.12. The molecule has 1 aromatic heterocycles. The Balaban J connectivity index is 2.91. The second kappa shape index (κ2) is 5.65. The fourth-order valence-corrected chi connectivity index (χ4v) is 0.946. The topological polar surface area (TPSA) is 97.1 Å². The van der Waals surface area contributed by atoms with Gasteiger partial charge in [-0.1, -0.05) is 0 Å². The van der Waals surface area contributed by atoms with Crippen molar-refractivity contribution in [1.29, 1.82) is 5.26 Å². The highest BCUT2D eigenvalue weighted by molar-refractivity contribution is 5.92. The Bertz CT molecular complexity index is 433. The van der Waals surface area contributed by atoms with Crippen molar-refractivity contribution in [2.45, 2.75) is 6.92 Å². The lowest BCUT2D eigenvalue weighted by Crippen LogP contribution is -2.20. The van der Waals surface area contributed by atoms with Gasteiger partial charge >= 0.3 is 0 Å². The van der Waals surface area contributed by atoms with Gasteiger partial charge in [-0.05, 0) is 6.92 Å². The van der Waals surface area contributed by atoms with E-state index in [-0.39, 0.29) is 17.7 Å². The molecular formula is C10H12N4O3. The molecule has 0 bridgehead atoms. The van der Waals surface area contributed by atoms with E-state index in [0.29, 0.717) is 0 Å². The molecule has 0 radical (unpaired) electrons. The number of nitrogens with one attached hydrogen (secondary N) is 1. The summed E-state index contributed by atoms with van der Waals surface area (Å²) in [6.07, 6.45) is 0. The smallest absolute Gasteiger partial charge is 0.243 e. The van der Waals surface area contributed by atoms with Crippen LogP contribution in [0.5, 0.6) is 11.8 Å². The van der Waals surface area contributed by atoms with Crippen LogP contribution in [0, 0.1) is 17.2 Å². The normalized spacial score (nSPS) is 11.2. The molecule has 7 heteroatoms. The monoisotopic (exact) mass is 236 g/mol. The largest absolute Gasteiger partial charge is 0.481 e. The van der Waals surface area contributed by atoms with Gasteiger partial charge in [0, 0.05) is 0 Å². The van der Waals surface area contributed by atoms with Gasteiger partial charge in [-0.15, -0.1) is 0 Å². The summed E-state index contributed by atoms with van der Waals surface area (Å²) in [4.78, 5) is 19.3. The van der Waals surface area contributed by atoms with Crippen LogP contribution in [-0.2, 0) is 4.79 Å². The Kier molecular flexibility index (Phi) is 4.22. The lowest BCUT2D eigenvalue weighted by atomic mass is 10.2. The first-order chi connectivity index (χ1) is 8.10. The number of nitrogens with zero attached hydrogens (tertiary/aromatic N) is 3. The summed E-state index contributed by atoms with van der Waals surface area (Å²) in [6.45, 7) is 1.48. The summed E-state index contributed by atoms with van der Waals surface area (Å²) in [5.41, 5.74) is 0. The number of hydrogen-bond donors (Lipinski definition) is 1. The molecule has 0 aromatic carbocycles. The third kappa shape index (κ3) is 3.31. The van der Waals surface area contributed by atoms with E-state index >= 15 is 0 Å². The molecule has 0 saturated carbocycles. The summed E-state index contributed by atoms with van der Waals surface area (Å²) in [6, 6.07) is 3.29. The predicted molar refractivity (Wildman–Crippen MR) is 58.5 cm³/mol. The quantitative estimate of drug-likeness (QED) is 0.821. The summed E-state index contributed by atoms with van der Waals surface area (Å²) >= 11 is 0. The highest BCUT2D eigenvalue weighted by Crippen LogP contribution is 2.17. The van der Waals surface area contributed by atoms with Crippen LogP contribution < -0.4 is 14.8 Å². The maximum Gasteiger partial charge on any atom is 0.243 e. The standard InChI is InChI=1S/C10H12N4O3/c1-6(5-11)9(15)14-10-12-7(16-2)4-8(13-10)17-3/h4,6H,1-3H3,(H,12,13,14,15). The lowest BCUT2D eigenvalue weighted by molar-refractivity contribution is -0.118. The molecule has 1 atom stereocenters. The Hall–Kier alpha value is -2.36. The Morgan fingerprint density at radius 3 is 2.35 bits per heavy atom. The summed E-state index contributed by atoms with van der Waals surface area (Å²) in [5.74, 6) is -0.708. The predicted octanol–water partition coefficient (Wildman–Crippen LogP) is 0.592. The van der Waals surface area contributed by atoms with E-state index in [2.05, 4.69) is 15.3 Å². The molecule has 0 aliphatic rings. The van der Waals surface area contributed by atoms with Gasteiger partial charge in [0.05, 0.1) is 26.4 Å². The van der Waals surface area contributed by atoms with Crippen molar-refractivity contribution >= 4 is 11.9 Å². The van der Waals surface area contributed by atoms with Crippen LogP contribution in [0.3, 0.4) is 0 Å². The van der Waals surface area contributed by atoms with Gasteiger partial charge in [-0.3, -0.25) is 10.1 Å². The number of rotatable bonds is 4. The zero-order valence-corrected chi connectivity index (χ0v) is 9.72. The van der Waals surface area contributed by atoms with Crippen molar-refractivity contribution < 1.29 is 14.3 Å². The molecule has 1 aromatic rings. The first-order valence-corrected chi connectivity index (χ1v) is 4.78. The minimum atomic E-state index is -0.782. The maximum absolute atomic E-state index is 11.4. The van der Waals surface area contributed by atoms with Gasteiger partial charge < -0.3 is 9.47 Å². The highest BCUT2D eigenvalue weighted by Gasteiger charge is 2.14. The van der Waals surface area contributed by atoms with E-state index < -0.39 is 11.8 Å². The summed E-state index contributed by atoms with van der Waals surface area (Å²) in [7, 11) is 2.87. The van der Waals surface area contributed by atoms with E-state index in [4.69, 9.17) is 14.7 Å². The van der Waals surface area contributed by atoms with Crippen molar-refractivity contribution in [3.05, 3.63) is 6.07 Å². The number of aromatic nitrogens is 2. The van der Waals surface area contributed by atoms with Crippen LogP contribution in [0.25, 0.3) is 0 Å². The first kappa shape index (κ1) is 12.7. The van der Waals surface area contributed by atoms with Gasteiger partial charge in [0.2, 0.25) is 23.6 Å². The molecule has 1 rings (SSSR count). The number of carbonyl (C=O) groups is 1. The lowest BCUT2D eigenvalue weighted by Gasteiger charge is -2.07. The summed E-state index contributed by atoms with van der Waals surface area (Å²) < 4.78 is 9.84. The molecule has 1 heterocycles. The number of carbonyl (C=O) groups excluding carboxylic acids is 1. The van der Waals surface area contributed by atoms with Crippen LogP contribution in [0.4, 0.5) is 5.95 Å². The third-order valence-electron chi connectivity index (χ3n) is 1.92. The molecule has 7 nitrogen and oxygen atoms in total. The number of ether oxygens (including phenoxy) is 2. The number of hydrogen-bond acceptors (Lipinski definition) is 6. The van der Waals surface area contributed by atoms with Gasteiger partial charge in [-0.2, -0.15) is 15.2 Å². The first-order valence-electron chi connectivity index (χ1n) is 4.78. The van der Waals surface area contributed by atoms with Crippen LogP contribution in [0.15, 0.2) is 6.07 Å². The molecule has 17 heavy (non-hydrogen) atoms. The molecule has 1 amide bonds. The number of nitriles is 1. The van der Waals surface area contributed by atoms with Crippen molar-refractivity contribution in [2.24, 2.45) is 5.92 Å². The van der Waals surface area contributed by atoms with E-state index in [1.54, 1.807) is 0 Å². The van der Waals surface area contributed by atoms with Crippen LogP contribution >= 0.6 is 0 Å². The minimum absolute atomic E-state index is 0.0355. The van der Waals surface area contributed by atoms with Crippen molar-refractivity contribution in [3.63, 3.8) is 0 Å². The number of amides is 1. The minimum Gasteiger partial charge on any atom is -0.481 e. The Morgan fingerprint density at radius 1 is 1.41 bits per heavy atom. The highest BCUT2D eigenvalue weighted by atomic mass is 16.5. The van der Waals surface area contributed by atoms with Crippen molar-refractivity contribution in [3.8, 4) is 17.8 Å². The Labute approximate surface area is 98.4 Å². The van der Waals surface area contributed by atoms with E-state index in [1.165, 1.54) is 27.2 Å². The van der Waals surface area contributed by atoms with E-state index in [9.17, 15) is 4.79 Å². The molecular weight excluding hydrogens is 224 g/mol. The zero-order chi connectivity index (χ0) is 12.8. The second-order valence-electron chi connectivity index (χ2n) is 3.12. The fraction of sp³-hybridized carbons (Fsp3) is 0.400. The van der Waals surface area contributed by atoms with Gasteiger partial charge in [-0.25, -0.2) is 0 Å². The molecule has 0 saturated heterocycles.